The van der Waals surface area contributed by atoms with Crippen molar-refractivity contribution in [2.24, 2.45) is 0 Å². The molecule has 0 aliphatic rings. The summed E-state index contributed by atoms with van der Waals surface area (Å²) in [6.45, 7) is 1.48. The molecule has 0 bridgehead atoms. The number of rotatable bonds is 3. The first-order chi connectivity index (χ1) is 9.29. The van der Waals surface area contributed by atoms with Crippen LogP contribution >= 0.6 is 11.6 Å². The van der Waals surface area contributed by atoms with Gasteiger partial charge in [0.15, 0.2) is 11.5 Å². The highest BCUT2D eigenvalue weighted by molar-refractivity contribution is 6.31. The maximum atomic E-state index is 12.5. The Morgan fingerprint density at radius 1 is 1.35 bits per heavy atom. The van der Waals surface area contributed by atoms with Crippen LogP contribution in [-0.2, 0) is 6.18 Å². The number of hydrogen-bond donors (Lipinski definition) is 0. The predicted octanol–water partition coefficient (Wildman–Crippen LogP) is 4.00. The zero-order valence-corrected chi connectivity index (χ0v) is 11.1. The molecule has 7 heteroatoms. The Morgan fingerprint density at radius 3 is 2.60 bits per heavy atom. The number of aromatic nitrogens is 2. The summed E-state index contributed by atoms with van der Waals surface area (Å²) in [5, 5.41) is 3.78. The second-order valence-electron chi connectivity index (χ2n) is 4.23. The van der Waals surface area contributed by atoms with Crippen LogP contribution < -0.4 is 0 Å². The van der Waals surface area contributed by atoms with Crippen LogP contribution in [0.15, 0.2) is 36.5 Å². The molecule has 0 N–H and O–H groups in total. The van der Waals surface area contributed by atoms with Crippen LogP contribution in [0.4, 0.5) is 13.2 Å². The summed E-state index contributed by atoms with van der Waals surface area (Å²) >= 11 is 5.78. The molecule has 20 heavy (non-hydrogen) atoms. The highest BCUT2D eigenvalue weighted by Crippen LogP contribution is 2.28. The van der Waals surface area contributed by atoms with E-state index < -0.39 is 17.9 Å². The number of halogens is 4. The van der Waals surface area contributed by atoms with E-state index >= 15 is 0 Å². The fourth-order valence-corrected chi connectivity index (χ4v) is 1.90. The van der Waals surface area contributed by atoms with Gasteiger partial charge in [-0.3, -0.25) is 9.48 Å². The summed E-state index contributed by atoms with van der Waals surface area (Å²) < 4.78 is 38.4. The second-order valence-corrected chi connectivity index (χ2v) is 4.67. The topological polar surface area (TPSA) is 34.9 Å². The van der Waals surface area contributed by atoms with Crippen LogP contribution in [0.25, 0.3) is 0 Å². The Balaban J connectivity index is 2.25. The molecule has 0 amide bonds. The standard InChI is InChI=1S/C13H10ClF3N2O/c1-8(12(20)9-3-2-4-10(14)7-9)19-6-5-11(18-19)13(15,16)17/h2-8H,1H3. The average Bonchev–Trinajstić information content (AvgIpc) is 2.86. The van der Waals surface area contributed by atoms with Crippen molar-refractivity contribution in [3.63, 3.8) is 0 Å². The molecule has 0 fully saturated rings. The quantitative estimate of drug-likeness (QED) is 0.803. The van der Waals surface area contributed by atoms with Gasteiger partial charge in [-0.1, -0.05) is 23.7 Å². The van der Waals surface area contributed by atoms with Crippen molar-refractivity contribution in [2.45, 2.75) is 19.1 Å². The van der Waals surface area contributed by atoms with Crippen LogP contribution in [0.5, 0.6) is 0 Å². The van der Waals surface area contributed by atoms with Crippen molar-refractivity contribution in [2.75, 3.05) is 0 Å². The molecule has 0 aliphatic carbocycles. The monoisotopic (exact) mass is 302 g/mol. The van der Waals surface area contributed by atoms with Crippen molar-refractivity contribution in [1.82, 2.24) is 9.78 Å². The minimum absolute atomic E-state index is 0.328. The maximum absolute atomic E-state index is 12.5. The summed E-state index contributed by atoms with van der Waals surface area (Å²) in [5.74, 6) is -0.357. The molecule has 3 nitrogen and oxygen atoms in total. The van der Waals surface area contributed by atoms with Gasteiger partial charge in [-0.05, 0) is 25.1 Å². The summed E-state index contributed by atoms with van der Waals surface area (Å²) in [6, 6.07) is 6.23. The third kappa shape index (κ3) is 3.01. The number of nitrogens with zero attached hydrogens (tertiary/aromatic N) is 2. The zero-order chi connectivity index (χ0) is 14.9. The number of alkyl halides is 3. The summed E-state index contributed by atoms with van der Waals surface area (Å²) in [7, 11) is 0. The highest BCUT2D eigenvalue weighted by atomic mass is 35.5. The number of ketones is 1. The van der Waals surface area contributed by atoms with E-state index in [9.17, 15) is 18.0 Å². The van der Waals surface area contributed by atoms with Crippen molar-refractivity contribution < 1.29 is 18.0 Å². The first-order valence-electron chi connectivity index (χ1n) is 5.71. The Labute approximate surface area is 118 Å². The second kappa shape index (κ2) is 5.28. The SMILES string of the molecule is CC(C(=O)c1cccc(Cl)c1)n1ccc(C(F)(F)F)n1. The molecular weight excluding hydrogens is 293 g/mol. The molecule has 1 atom stereocenters. The number of Topliss-reactive ketones (excluding diaryl/α,β-unsaturated/α-hetero) is 1. The predicted molar refractivity (Wildman–Crippen MR) is 67.7 cm³/mol. The molecule has 1 unspecified atom stereocenters. The van der Waals surface area contributed by atoms with Gasteiger partial charge in [0.25, 0.3) is 0 Å². The third-order valence-electron chi connectivity index (χ3n) is 2.78. The number of carbonyl (C=O) groups is 1. The smallest absolute Gasteiger partial charge is 0.292 e. The fraction of sp³-hybridized carbons (Fsp3) is 0.231. The highest BCUT2D eigenvalue weighted by Gasteiger charge is 2.34. The Morgan fingerprint density at radius 2 is 2.05 bits per heavy atom. The first kappa shape index (κ1) is 14.6. The number of carbonyl (C=O) groups excluding carboxylic acids is 1. The fourth-order valence-electron chi connectivity index (χ4n) is 1.71. The van der Waals surface area contributed by atoms with Gasteiger partial charge in [-0.15, -0.1) is 0 Å². The maximum Gasteiger partial charge on any atom is 0.435 e. The molecule has 1 aromatic carbocycles. The van der Waals surface area contributed by atoms with E-state index in [-0.39, 0.29) is 5.78 Å². The van der Waals surface area contributed by atoms with Gasteiger partial charge in [0.1, 0.15) is 6.04 Å². The summed E-state index contributed by atoms with van der Waals surface area (Å²) in [6.07, 6.45) is -3.39. The van der Waals surface area contributed by atoms with Crippen LogP contribution in [0.1, 0.15) is 29.0 Å². The van der Waals surface area contributed by atoms with Crippen molar-refractivity contribution in [3.8, 4) is 0 Å². The molecule has 0 saturated heterocycles. The largest absolute Gasteiger partial charge is 0.435 e. The molecule has 0 aliphatic heterocycles. The molecule has 106 valence electrons. The first-order valence-corrected chi connectivity index (χ1v) is 6.09. The number of hydrogen-bond acceptors (Lipinski definition) is 2. The van der Waals surface area contributed by atoms with Crippen LogP contribution in [-0.4, -0.2) is 15.6 Å². The molecular formula is C13H10ClF3N2O. The van der Waals surface area contributed by atoms with E-state index in [1.807, 2.05) is 0 Å². The van der Waals surface area contributed by atoms with Gasteiger partial charge in [0.2, 0.25) is 0 Å². The molecule has 1 heterocycles. The lowest BCUT2D eigenvalue weighted by Gasteiger charge is -2.11. The van der Waals surface area contributed by atoms with E-state index in [1.165, 1.54) is 13.0 Å². The van der Waals surface area contributed by atoms with Crippen molar-refractivity contribution in [1.29, 1.82) is 0 Å². The molecule has 1 aromatic heterocycles. The minimum atomic E-state index is -4.52. The normalized spacial score (nSPS) is 13.2. The van der Waals surface area contributed by atoms with Crippen molar-refractivity contribution in [3.05, 3.63) is 52.8 Å². The van der Waals surface area contributed by atoms with Gasteiger partial charge in [-0.25, -0.2) is 0 Å². The van der Waals surface area contributed by atoms with E-state index in [2.05, 4.69) is 5.10 Å². The van der Waals surface area contributed by atoms with Crippen LogP contribution in [0.3, 0.4) is 0 Å². The summed E-state index contributed by atoms with van der Waals surface area (Å²) in [4.78, 5) is 12.2. The van der Waals surface area contributed by atoms with Gasteiger partial charge >= 0.3 is 6.18 Å². The molecule has 0 radical (unpaired) electrons. The molecule has 2 aromatic rings. The lowest BCUT2D eigenvalue weighted by atomic mass is 10.1. The molecule has 0 spiro atoms. The Kier molecular flexibility index (Phi) is 3.85. The summed E-state index contributed by atoms with van der Waals surface area (Å²) in [5.41, 5.74) is -0.697. The van der Waals surface area contributed by atoms with Gasteiger partial charge in [0, 0.05) is 16.8 Å². The number of benzene rings is 1. The molecule has 2 rings (SSSR count). The van der Waals surface area contributed by atoms with E-state index in [0.29, 0.717) is 10.6 Å². The lowest BCUT2D eigenvalue weighted by Crippen LogP contribution is -2.18. The van der Waals surface area contributed by atoms with Crippen LogP contribution in [0, 0.1) is 0 Å². The lowest BCUT2D eigenvalue weighted by molar-refractivity contribution is -0.141. The Hall–Kier alpha value is -1.82. The van der Waals surface area contributed by atoms with Crippen LogP contribution in [0.2, 0.25) is 5.02 Å². The van der Waals surface area contributed by atoms with E-state index in [4.69, 9.17) is 11.6 Å². The Bertz CT molecular complexity index is 637. The van der Waals surface area contributed by atoms with E-state index in [1.54, 1.807) is 18.2 Å². The van der Waals surface area contributed by atoms with Gasteiger partial charge in [0.05, 0.1) is 0 Å². The van der Waals surface area contributed by atoms with E-state index in [0.717, 1.165) is 16.9 Å². The minimum Gasteiger partial charge on any atom is -0.292 e. The molecule has 0 saturated carbocycles. The van der Waals surface area contributed by atoms with Gasteiger partial charge in [-0.2, -0.15) is 18.3 Å². The zero-order valence-electron chi connectivity index (χ0n) is 10.4. The average molecular weight is 303 g/mol. The van der Waals surface area contributed by atoms with Crippen molar-refractivity contribution >= 4 is 17.4 Å². The third-order valence-corrected chi connectivity index (χ3v) is 3.02. The van der Waals surface area contributed by atoms with Gasteiger partial charge < -0.3 is 0 Å².